The fourth-order valence-corrected chi connectivity index (χ4v) is 3.75. The lowest BCUT2D eigenvalue weighted by molar-refractivity contribution is 0.0949. The zero-order valence-corrected chi connectivity index (χ0v) is 17.6. The van der Waals surface area contributed by atoms with Gasteiger partial charge in [0.15, 0.2) is 11.5 Å². The molecule has 1 aromatic heterocycles. The molecule has 2 aromatic carbocycles. The van der Waals surface area contributed by atoms with Crippen LogP contribution in [0.15, 0.2) is 48.7 Å². The third-order valence-electron chi connectivity index (χ3n) is 4.69. The molecule has 3 rings (SSSR count). The molecule has 1 amide bonds. The number of benzene rings is 2. The fraction of sp³-hybridized carbons (Fsp3) is 0.273. The smallest absolute Gasteiger partial charge is 0.263 e. The Labute approximate surface area is 173 Å². The van der Waals surface area contributed by atoms with Crippen molar-refractivity contribution in [3.8, 4) is 22.1 Å². The molecule has 29 heavy (non-hydrogen) atoms. The topological polar surface area (TPSA) is 60.5 Å². The zero-order valence-electron chi connectivity index (χ0n) is 16.8. The van der Waals surface area contributed by atoms with Crippen LogP contribution in [0.2, 0.25) is 0 Å². The molecule has 0 saturated carbocycles. The van der Waals surface area contributed by atoms with E-state index in [2.05, 4.69) is 10.3 Å². The lowest BCUT2D eigenvalue weighted by atomic mass is 9.84. The normalized spacial score (nSPS) is 11.2. The number of amides is 1. The molecule has 152 valence electrons. The molecule has 0 saturated heterocycles. The molecule has 3 aromatic rings. The van der Waals surface area contributed by atoms with Gasteiger partial charge in [0.25, 0.3) is 5.91 Å². The molecule has 0 fully saturated rings. The van der Waals surface area contributed by atoms with Crippen LogP contribution >= 0.6 is 11.3 Å². The molecule has 7 heteroatoms. The van der Waals surface area contributed by atoms with Crippen LogP contribution < -0.4 is 14.8 Å². The van der Waals surface area contributed by atoms with Crippen molar-refractivity contribution in [1.82, 2.24) is 10.3 Å². The fourth-order valence-electron chi connectivity index (χ4n) is 2.89. The van der Waals surface area contributed by atoms with Crippen LogP contribution in [0.1, 0.15) is 29.1 Å². The first-order valence-electron chi connectivity index (χ1n) is 9.07. The van der Waals surface area contributed by atoms with Crippen LogP contribution in [0, 0.1) is 5.82 Å². The molecular weight excluding hydrogens is 391 g/mol. The van der Waals surface area contributed by atoms with Crippen LogP contribution in [0.4, 0.5) is 4.39 Å². The van der Waals surface area contributed by atoms with E-state index in [0.29, 0.717) is 33.5 Å². The minimum atomic E-state index is -0.358. The van der Waals surface area contributed by atoms with Gasteiger partial charge in [-0.05, 0) is 29.8 Å². The van der Waals surface area contributed by atoms with E-state index < -0.39 is 0 Å². The first-order valence-corrected chi connectivity index (χ1v) is 9.89. The summed E-state index contributed by atoms with van der Waals surface area (Å²) in [5.41, 5.74) is 1.06. The van der Waals surface area contributed by atoms with Gasteiger partial charge in [0, 0.05) is 17.5 Å². The second-order valence-corrected chi connectivity index (χ2v) is 8.18. The van der Waals surface area contributed by atoms with Gasteiger partial charge in [-0.1, -0.05) is 32.0 Å². The summed E-state index contributed by atoms with van der Waals surface area (Å²) >= 11 is 1.17. The first-order chi connectivity index (χ1) is 13.9. The Balaban J connectivity index is 1.71. The van der Waals surface area contributed by atoms with E-state index >= 15 is 0 Å². The van der Waals surface area contributed by atoms with Gasteiger partial charge in [-0.2, -0.15) is 0 Å². The Morgan fingerprint density at radius 3 is 2.55 bits per heavy atom. The molecule has 5 nitrogen and oxygen atoms in total. The molecule has 1 N–H and O–H groups in total. The maximum Gasteiger partial charge on any atom is 0.263 e. The number of carbonyl (C=O) groups is 1. The Hall–Kier alpha value is -2.93. The standard InChI is InChI=1S/C22H23FN2O3S/c1-22(2,14-9-10-17(27-3)18(11-14)28-4)13-25-20(26)19-12-24-21(29-19)15-7-5-6-8-16(15)23/h5-12H,13H2,1-4H3,(H,25,26). The number of hydrogen-bond donors (Lipinski definition) is 1. The van der Waals surface area contributed by atoms with Gasteiger partial charge in [0.2, 0.25) is 0 Å². The third kappa shape index (κ3) is 4.56. The minimum Gasteiger partial charge on any atom is -0.493 e. The van der Waals surface area contributed by atoms with Gasteiger partial charge in [-0.3, -0.25) is 4.79 Å². The highest BCUT2D eigenvalue weighted by Crippen LogP contribution is 2.33. The number of nitrogens with zero attached hydrogens (tertiary/aromatic N) is 1. The van der Waals surface area contributed by atoms with Crippen LogP contribution in [-0.2, 0) is 5.41 Å². The van der Waals surface area contributed by atoms with Crippen LogP contribution in [0.5, 0.6) is 11.5 Å². The monoisotopic (exact) mass is 414 g/mol. The van der Waals surface area contributed by atoms with Crippen molar-refractivity contribution in [1.29, 1.82) is 0 Å². The van der Waals surface area contributed by atoms with Crippen molar-refractivity contribution >= 4 is 17.2 Å². The molecule has 0 bridgehead atoms. The second kappa shape index (κ2) is 8.61. The van der Waals surface area contributed by atoms with E-state index in [1.165, 1.54) is 23.6 Å². The van der Waals surface area contributed by atoms with E-state index in [1.807, 2.05) is 32.0 Å². The largest absolute Gasteiger partial charge is 0.493 e. The number of halogens is 1. The Morgan fingerprint density at radius 1 is 1.14 bits per heavy atom. The molecule has 0 atom stereocenters. The van der Waals surface area contributed by atoms with Gasteiger partial charge >= 0.3 is 0 Å². The van der Waals surface area contributed by atoms with Crippen molar-refractivity contribution in [2.24, 2.45) is 0 Å². The predicted molar refractivity (Wildman–Crippen MR) is 112 cm³/mol. The highest BCUT2D eigenvalue weighted by molar-refractivity contribution is 7.16. The number of thiazole rings is 1. The summed E-state index contributed by atoms with van der Waals surface area (Å²) in [6.07, 6.45) is 1.48. The van der Waals surface area contributed by atoms with Gasteiger partial charge in [0.1, 0.15) is 15.7 Å². The van der Waals surface area contributed by atoms with Crippen LogP contribution in [0.25, 0.3) is 10.6 Å². The number of nitrogens with one attached hydrogen (secondary N) is 1. The first kappa shape index (κ1) is 20.8. The molecule has 0 aliphatic carbocycles. The average molecular weight is 415 g/mol. The van der Waals surface area contributed by atoms with Crippen molar-refractivity contribution in [2.75, 3.05) is 20.8 Å². The lowest BCUT2D eigenvalue weighted by Crippen LogP contribution is -2.36. The number of rotatable bonds is 7. The van der Waals surface area contributed by atoms with Crippen LogP contribution in [0.3, 0.4) is 0 Å². The maximum absolute atomic E-state index is 13.9. The van der Waals surface area contributed by atoms with Gasteiger partial charge in [-0.15, -0.1) is 11.3 Å². The third-order valence-corrected chi connectivity index (χ3v) is 5.72. The predicted octanol–water partition coefficient (Wildman–Crippen LogP) is 4.67. The molecular formula is C22H23FN2O3S. The van der Waals surface area contributed by atoms with E-state index in [-0.39, 0.29) is 17.1 Å². The average Bonchev–Trinajstić information content (AvgIpc) is 3.22. The van der Waals surface area contributed by atoms with Crippen molar-refractivity contribution in [3.63, 3.8) is 0 Å². The van der Waals surface area contributed by atoms with E-state index in [0.717, 1.165) is 5.56 Å². The van der Waals surface area contributed by atoms with E-state index in [9.17, 15) is 9.18 Å². The molecule has 0 radical (unpaired) electrons. The van der Waals surface area contributed by atoms with Crippen LogP contribution in [-0.4, -0.2) is 31.7 Å². The summed E-state index contributed by atoms with van der Waals surface area (Å²) in [7, 11) is 3.18. The molecule has 0 aliphatic heterocycles. The highest BCUT2D eigenvalue weighted by atomic mass is 32.1. The van der Waals surface area contributed by atoms with Gasteiger partial charge < -0.3 is 14.8 Å². The lowest BCUT2D eigenvalue weighted by Gasteiger charge is -2.26. The summed E-state index contributed by atoms with van der Waals surface area (Å²) < 4.78 is 24.6. The minimum absolute atomic E-state index is 0.237. The summed E-state index contributed by atoms with van der Waals surface area (Å²) in [5, 5.41) is 3.43. The molecule has 0 spiro atoms. The molecule has 0 unspecified atom stereocenters. The Bertz CT molecular complexity index is 1020. The van der Waals surface area contributed by atoms with Crippen molar-refractivity contribution in [3.05, 3.63) is 64.9 Å². The van der Waals surface area contributed by atoms with Crippen molar-refractivity contribution in [2.45, 2.75) is 19.3 Å². The maximum atomic E-state index is 13.9. The summed E-state index contributed by atoms with van der Waals surface area (Å²) in [5.74, 6) is 0.699. The van der Waals surface area contributed by atoms with E-state index in [4.69, 9.17) is 9.47 Å². The number of aromatic nitrogens is 1. The molecule has 0 aliphatic rings. The Morgan fingerprint density at radius 2 is 1.86 bits per heavy atom. The number of ether oxygens (including phenoxy) is 2. The van der Waals surface area contributed by atoms with Gasteiger partial charge in [0.05, 0.1) is 20.4 Å². The van der Waals surface area contributed by atoms with Gasteiger partial charge in [-0.25, -0.2) is 9.37 Å². The zero-order chi connectivity index (χ0) is 21.0. The quantitative estimate of drug-likeness (QED) is 0.610. The molecule has 1 heterocycles. The number of carbonyl (C=O) groups excluding carboxylic acids is 1. The number of hydrogen-bond acceptors (Lipinski definition) is 5. The van der Waals surface area contributed by atoms with E-state index in [1.54, 1.807) is 32.4 Å². The summed E-state index contributed by atoms with van der Waals surface area (Å²) in [6.45, 7) is 4.48. The number of methoxy groups -OCH3 is 2. The van der Waals surface area contributed by atoms with Crippen molar-refractivity contribution < 1.29 is 18.7 Å². The summed E-state index contributed by atoms with van der Waals surface area (Å²) in [6, 6.07) is 12.1. The SMILES string of the molecule is COc1ccc(C(C)(C)CNC(=O)c2cnc(-c3ccccc3F)s2)cc1OC. The summed E-state index contributed by atoms with van der Waals surface area (Å²) in [4.78, 5) is 17.2. The highest BCUT2D eigenvalue weighted by Gasteiger charge is 2.24. The Kier molecular flexibility index (Phi) is 6.17. The second-order valence-electron chi connectivity index (χ2n) is 7.15.